The molecule has 7 heterocycles. The van der Waals surface area contributed by atoms with Crippen molar-refractivity contribution in [2.24, 2.45) is 0 Å². The highest BCUT2D eigenvalue weighted by atomic mass is 32.1. The SMILES string of the molecule is Cc1ccc(C)c2c1oc1ccccc12.Cc1ccc(C)c2ccccc12.Cc1ccc2c(c1)sc1cc(C)ccc12.Cc1ccc2cc(C)ccc2c1.Cc1ccc2oc3ccc(C)cc3c2c1.Cc1ccc2sc3ccc(C)cc3c2c1.Cc1cccc2c1oc1c(C)cccc12.Cc1cccc2c1oc1cccc(C)c12.Cc1cccc2c1sc1c(C)cccc12. The van der Waals surface area contributed by atoms with Gasteiger partial charge in [-0.15, -0.1) is 34.0 Å². The van der Waals surface area contributed by atoms with Crippen molar-refractivity contribution in [3.63, 3.8) is 0 Å². The molecule has 25 rings (SSSR count). The van der Waals surface area contributed by atoms with Crippen LogP contribution in [0.5, 0.6) is 0 Å². The number of fused-ring (bicyclic) bond motifs is 23. The summed E-state index contributed by atoms with van der Waals surface area (Å²) in [5.74, 6) is 0. The Bertz CT molecular complexity index is 7870. The second-order valence-electron chi connectivity index (χ2n) is 34.9. The van der Waals surface area contributed by atoms with Crippen molar-refractivity contribution in [2.75, 3.05) is 0 Å². The minimum Gasteiger partial charge on any atom is -0.456 e. The van der Waals surface area contributed by atoms with E-state index in [4.69, 9.17) is 17.7 Å². The molecule has 18 aromatic carbocycles. The molecule has 7 heteroatoms. The first-order valence-corrected chi connectivity index (χ1v) is 46.9. The van der Waals surface area contributed by atoms with Gasteiger partial charge >= 0.3 is 0 Å². The van der Waals surface area contributed by atoms with E-state index >= 15 is 0 Å². The zero-order valence-corrected chi connectivity index (χ0v) is 79.5. The van der Waals surface area contributed by atoms with Crippen molar-refractivity contribution in [2.45, 2.75) is 125 Å². The first-order chi connectivity index (χ1) is 62.3. The maximum absolute atomic E-state index is 5.91. The van der Waals surface area contributed by atoms with Crippen LogP contribution >= 0.6 is 34.0 Å². The number of thiophene rings is 3. The summed E-state index contributed by atoms with van der Waals surface area (Å²) in [6, 6.07) is 116. The quantitative estimate of drug-likeness (QED) is 0.152. The van der Waals surface area contributed by atoms with Crippen LogP contribution in [0.25, 0.3) is 170 Å². The molecule has 0 aliphatic rings. The molecule has 25 aromatic rings. The Hall–Kier alpha value is -13.7. The molecule has 0 atom stereocenters. The molecule has 0 spiro atoms. The fraction of sp³-hybridized carbons (Fsp3) is 0.148. The molecule has 0 bridgehead atoms. The Morgan fingerprint density at radius 3 is 0.984 bits per heavy atom. The third kappa shape index (κ3) is 18.6. The van der Waals surface area contributed by atoms with Crippen LogP contribution in [0, 0.1) is 125 Å². The molecule has 4 nitrogen and oxygen atoms in total. The van der Waals surface area contributed by atoms with Crippen LogP contribution in [0.2, 0.25) is 0 Å². The second kappa shape index (κ2) is 37.7. The van der Waals surface area contributed by atoms with Gasteiger partial charge in [-0.05, 0) is 286 Å². The summed E-state index contributed by atoms with van der Waals surface area (Å²) >= 11 is 5.68. The van der Waals surface area contributed by atoms with Crippen molar-refractivity contribution >= 4 is 204 Å². The lowest BCUT2D eigenvalue weighted by molar-refractivity contribution is 0.662. The highest BCUT2D eigenvalue weighted by molar-refractivity contribution is 7.26. The molecule has 0 saturated heterocycles. The minimum absolute atomic E-state index is 0.973. The van der Waals surface area contributed by atoms with E-state index in [2.05, 4.69) is 416 Å². The molecule has 638 valence electrons. The highest BCUT2D eigenvalue weighted by Gasteiger charge is 2.16. The summed E-state index contributed by atoms with van der Waals surface area (Å²) in [7, 11) is 0. The predicted molar refractivity (Wildman–Crippen MR) is 566 cm³/mol. The van der Waals surface area contributed by atoms with Gasteiger partial charge in [0.25, 0.3) is 0 Å². The molecule has 0 aliphatic heterocycles. The van der Waals surface area contributed by atoms with E-state index in [9.17, 15) is 0 Å². The zero-order chi connectivity index (χ0) is 90.0. The van der Waals surface area contributed by atoms with Gasteiger partial charge < -0.3 is 17.7 Å². The second-order valence-corrected chi connectivity index (χ2v) is 38.1. The number of para-hydroxylation sites is 4. The van der Waals surface area contributed by atoms with Crippen molar-refractivity contribution in [3.8, 4) is 0 Å². The van der Waals surface area contributed by atoms with E-state index in [0.29, 0.717) is 0 Å². The number of hydrogen-bond acceptors (Lipinski definition) is 7. The van der Waals surface area contributed by atoms with Gasteiger partial charge in [0.1, 0.15) is 44.7 Å². The predicted octanol–water partition coefficient (Wildman–Crippen LogP) is 37.7. The van der Waals surface area contributed by atoms with Crippen molar-refractivity contribution in [1.82, 2.24) is 0 Å². The Labute approximate surface area is 768 Å². The van der Waals surface area contributed by atoms with Crippen LogP contribution in [0.3, 0.4) is 0 Å². The van der Waals surface area contributed by atoms with Crippen molar-refractivity contribution in [3.05, 3.63) is 428 Å². The zero-order valence-electron chi connectivity index (χ0n) is 77.0. The van der Waals surface area contributed by atoms with Gasteiger partial charge in [-0.3, -0.25) is 0 Å². The van der Waals surface area contributed by atoms with Crippen molar-refractivity contribution < 1.29 is 17.7 Å². The number of aryl methyl sites for hydroxylation is 18. The topological polar surface area (TPSA) is 52.6 Å². The molecule has 0 radical (unpaired) electrons. The van der Waals surface area contributed by atoms with Crippen molar-refractivity contribution in [1.29, 1.82) is 0 Å². The minimum atomic E-state index is 0.973. The van der Waals surface area contributed by atoms with Gasteiger partial charge in [-0.1, -0.05) is 288 Å². The molecule has 0 aliphatic carbocycles. The monoisotopic (exact) mass is 1730 g/mol. The van der Waals surface area contributed by atoms with Crippen LogP contribution in [0.1, 0.15) is 100 Å². The van der Waals surface area contributed by atoms with E-state index in [1.165, 1.54) is 225 Å². The molecule has 7 aromatic heterocycles. The van der Waals surface area contributed by atoms with Gasteiger partial charge in [0.05, 0.1) is 0 Å². The largest absolute Gasteiger partial charge is 0.456 e. The molecular weight excluding hydrogens is 1630 g/mol. The van der Waals surface area contributed by atoms with Gasteiger partial charge in [-0.25, -0.2) is 0 Å². The van der Waals surface area contributed by atoms with E-state index in [-0.39, 0.29) is 0 Å². The number of benzene rings is 18. The highest BCUT2D eigenvalue weighted by Crippen LogP contribution is 2.42. The molecule has 0 N–H and O–H groups in total. The third-order valence-corrected chi connectivity index (χ3v) is 28.3. The number of furan rings is 4. The fourth-order valence-corrected chi connectivity index (χ4v) is 21.2. The Kier molecular flexibility index (Phi) is 25.6. The smallest absolute Gasteiger partial charge is 0.138 e. The Morgan fingerprint density at radius 1 is 0.155 bits per heavy atom. The summed E-state index contributed by atoms with van der Waals surface area (Å²) in [5.41, 5.74) is 31.3. The van der Waals surface area contributed by atoms with E-state index < -0.39 is 0 Å². The summed E-state index contributed by atoms with van der Waals surface area (Å²) in [6.07, 6.45) is 0. The van der Waals surface area contributed by atoms with Crippen LogP contribution in [0.4, 0.5) is 0 Å². The maximum Gasteiger partial charge on any atom is 0.138 e. The summed E-state index contributed by atoms with van der Waals surface area (Å²) in [5, 5.41) is 23.6. The van der Waals surface area contributed by atoms with Crippen LogP contribution in [0.15, 0.2) is 345 Å². The molecule has 0 fully saturated rings. The molecular formula is C122H108O4S3. The average Bonchev–Trinajstić information content (AvgIpc) is 1.65. The lowest BCUT2D eigenvalue weighted by Gasteiger charge is -2.03. The summed E-state index contributed by atoms with van der Waals surface area (Å²) < 4.78 is 31.8. The third-order valence-electron chi connectivity index (χ3n) is 24.6. The average molecular weight is 1730 g/mol. The first-order valence-electron chi connectivity index (χ1n) is 44.5. The van der Waals surface area contributed by atoms with Gasteiger partial charge in [0.2, 0.25) is 0 Å². The van der Waals surface area contributed by atoms with E-state index in [0.717, 1.165) is 44.7 Å². The Morgan fingerprint density at radius 2 is 0.481 bits per heavy atom. The number of rotatable bonds is 0. The normalized spacial score (nSPS) is 11.2. The van der Waals surface area contributed by atoms with Crippen LogP contribution < -0.4 is 0 Å². The molecule has 0 unspecified atom stereocenters. The molecule has 0 amide bonds. The maximum atomic E-state index is 5.91. The molecule has 129 heavy (non-hydrogen) atoms. The first kappa shape index (κ1) is 87.4. The van der Waals surface area contributed by atoms with Gasteiger partial charge in [-0.2, -0.15) is 0 Å². The number of hydrogen-bond donors (Lipinski definition) is 0. The van der Waals surface area contributed by atoms with Gasteiger partial charge in [0.15, 0.2) is 0 Å². The van der Waals surface area contributed by atoms with E-state index in [1.54, 1.807) is 0 Å². The van der Waals surface area contributed by atoms with Crippen LogP contribution in [-0.4, -0.2) is 0 Å². The molecule has 0 saturated carbocycles. The standard InChI is InChI=1S/4C14H12O.3C14H12S.2C12H12/c1-9-5-4-8-12-13(9)11-7-3-6-10(2)14(11)15-12;1-9-3-5-13-11(7-9)12-8-10(2)4-6-14(12)15-13;1-9-5-3-7-11-12-8-4-6-10(2)14(12)15-13(9)11;1-9-7-8-10(2)14-13(9)11-5-3-4-6-12(11)15-14;1-9-3-5-13-11(7-9)12-8-10(2)4-6-14(12)15-13;1-9-3-5-11-12-6-4-10(2)8-14(12)15-13(11)7-9;1-9-5-3-7-11-12-8-4-6-10(2)14(12)15-13(9)11;1-9-3-5-12-8-10(2)4-6-11(12)7-9;1-9-7-8-10(2)12-6-4-3-5-11(9)12/h7*3-8H,1-2H3;2*3-8H,1-2H3. The lowest BCUT2D eigenvalue weighted by atomic mass is 10.0. The summed E-state index contributed by atoms with van der Waals surface area (Å²) in [6.45, 7) is 38.3. The van der Waals surface area contributed by atoms with Crippen LogP contribution in [-0.2, 0) is 0 Å². The summed E-state index contributed by atoms with van der Waals surface area (Å²) in [4.78, 5) is 0. The van der Waals surface area contributed by atoms with E-state index in [1.807, 2.05) is 70.4 Å². The van der Waals surface area contributed by atoms with Gasteiger partial charge in [0, 0.05) is 104 Å². The fourth-order valence-electron chi connectivity index (χ4n) is 17.6. The Balaban J connectivity index is 0.000000102. The lowest BCUT2D eigenvalue weighted by Crippen LogP contribution is -1.80.